The average Bonchev–Trinajstić information content (AvgIpc) is 2.92. The van der Waals surface area contributed by atoms with E-state index in [9.17, 15) is 4.79 Å². The Morgan fingerprint density at radius 3 is 2.89 bits per heavy atom. The molecule has 0 saturated heterocycles. The zero-order chi connectivity index (χ0) is 13.8. The van der Waals surface area contributed by atoms with Gasteiger partial charge < -0.3 is 15.0 Å². The van der Waals surface area contributed by atoms with Crippen molar-refractivity contribution in [1.82, 2.24) is 15.3 Å². The standard InChI is InChI=1S/C14H25N3O2/c1-2-3-4-5-6-10-19-14(18)16-9-7-8-13-11-15-12-17-13/h11-12H,2-10H2,1H3,(H,15,17)(H,16,18). The van der Waals surface area contributed by atoms with Crippen LogP contribution in [0.4, 0.5) is 4.79 Å². The Labute approximate surface area is 115 Å². The molecular weight excluding hydrogens is 242 g/mol. The van der Waals surface area contributed by atoms with Crippen molar-refractivity contribution in [2.75, 3.05) is 13.2 Å². The smallest absolute Gasteiger partial charge is 0.407 e. The van der Waals surface area contributed by atoms with Crippen LogP contribution in [0.5, 0.6) is 0 Å². The molecule has 1 amide bonds. The monoisotopic (exact) mass is 267 g/mol. The molecule has 0 unspecified atom stereocenters. The number of hydrogen-bond acceptors (Lipinski definition) is 3. The van der Waals surface area contributed by atoms with E-state index in [4.69, 9.17) is 4.74 Å². The lowest BCUT2D eigenvalue weighted by molar-refractivity contribution is 0.143. The molecule has 108 valence electrons. The van der Waals surface area contributed by atoms with Crippen molar-refractivity contribution in [3.63, 3.8) is 0 Å². The fourth-order valence-corrected chi connectivity index (χ4v) is 1.81. The van der Waals surface area contributed by atoms with Crippen molar-refractivity contribution in [1.29, 1.82) is 0 Å². The maximum absolute atomic E-state index is 11.3. The van der Waals surface area contributed by atoms with Gasteiger partial charge in [0.15, 0.2) is 0 Å². The number of aromatic amines is 1. The SMILES string of the molecule is CCCCCCCOC(=O)NCCCc1cnc[nH]1. The highest BCUT2D eigenvalue weighted by Gasteiger charge is 2.01. The van der Waals surface area contributed by atoms with Gasteiger partial charge in [-0.15, -0.1) is 0 Å². The third-order valence-electron chi connectivity index (χ3n) is 2.93. The molecule has 0 aliphatic rings. The van der Waals surface area contributed by atoms with Gasteiger partial charge in [0.1, 0.15) is 0 Å². The van der Waals surface area contributed by atoms with Crippen molar-refractivity contribution >= 4 is 6.09 Å². The summed E-state index contributed by atoms with van der Waals surface area (Å²) in [5, 5.41) is 2.75. The van der Waals surface area contributed by atoms with E-state index in [1.807, 2.05) is 0 Å². The number of alkyl carbamates (subject to hydrolysis) is 1. The van der Waals surface area contributed by atoms with E-state index < -0.39 is 0 Å². The summed E-state index contributed by atoms with van der Waals surface area (Å²) < 4.78 is 5.09. The largest absolute Gasteiger partial charge is 0.450 e. The molecule has 0 aliphatic carbocycles. The fraction of sp³-hybridized carbons (Fsp3) is 0.714. The van der Waals surface area contributed by atoms with Gasteiger partial charge in [-0.25, -0.2) is 9.78 Å². The molecule has 0 atom stereocenters. The highest BCUT2D eigenvalue weighted by Crippen LogP contribution is 2.02. The lowest BCUT2D eigenvalue weighted by atomic mass is 10.2. The van der Waals surface area contributed by atoms with E-state index in [-0.39, 0.29) is 6.09 Å². The van der Waals surface area contributed by atoms with Crippen molar-refractivity contribution in [2.45, 2.75) is 51.9 Å². The van der Waals surface area contributed by atoms with Crippen LogP contribution >= 0.6 is 0 Å². The fourth-order valence-electron chi connectivity index (χ4n) is 1.81. The van der Waals surface area contributed by atoms with Crippen molar-refractivity contribution < 1.29 is 9.53 Å². The molecule has 2 N–H and O–H groups in total. The number of ether oxygens (including phenoxy) is 1. The molecule has 1 heterocycles. The lowest BCUT2D eigenvalue weighted by Gasteiger charge is -2.06. The van der Waals surface area contributed by atoms with Crippen LogP contribution in [0.25, 0.3) is 0 Å². The summed E-state index contributed by atoms with van der Waals surface area (Å²) in [7, 11) is 0. The minimum absolute atomic E-state index is 0.305. The first-order valence-electron chi connectivity index (χ1n) is 7.20. The van der Waals surface area contributed by atoms with Crippen LogP contribution in [0.3, 0.4) is 0 Å². The Balaban J connectivity index is 1.88. The first-order chi connectivity index (χ1) is 9.33. The van der Waals surface area contributed by atoms with Gasteiger partial charge >= 0.3 is 6.09 Å². The van der Waals surface area contributed by atoms with Crippen LogP contribution in [-0.2, 0) is 11.2 Å². The summed E-state index contributed by atoms with van der Waals surface area (Å²) >= 11 is 0. The molecular formula is C14H25N3O2. The molecule has 1 aromatic rings. The highest BCUT2D eigenvalue weighted by atomic mass is 16.5. The van der Waals surface area contributed by atoms with Crippen LogP contribution in [-0.4, -0.2) is 29.2 Å². The number of unbranched alkanes of at least 4 members (excludes halogenated alkanes) is 4. The summed E-state index contributed by atoms with van der Waals surface area (Å²) in [6.07, 6.45) is 10.8. The molecule has 0 saturated carbocycles. The van der Waals surface area contributed by atoms with Gasteiger partial charge in [-0.1, -0.05) is 32.6 Å². The quantitative estimate of drug-likeness (QED) is 0.640. The summed E-state index contributed by atoms with van der Waals surface area (Å²) in [5.74, 6) is 0. The van der Waals surface area contributed by atoms with E-state index in [1.165, 1.54) is 19.3 Å². The summed E-state index contributed by atoms with van der Waals surface area (Å²) in [5.41, 5.74) is 1.09. The highest BCUT2D eigenvalue weighted by molar-refractivity contribution is 5.66. The summed E-state index contributed by atoms with van der Waals surface area (Å²) in [6.45, 7) is 3.34. The van der Waals surface area contributed by atoms with Gasteiger partial charge in [0.25, 0.3) is 0 Å². The number of H-pyrrole nitrogens is 1. The molecule has 1 rings (SSSR count). The number of rotatable bonds is 10. The molecule has 5 nitrogen and oxygen atoms in total. The van der Waals surface area contributed by atoms with E-state index in [2.05, 4.69) is 22.2 Å². The maximum Gasteiger partial charge on any atom is 0.407 e. The van der Waals surface area contributed by atoms with Gasteiger partial charge in [-0.2, -0.15) is 0 Å². The van der Waals surface area contributed by atoms with Crippen molar-refractivity contribution in [3.8, 4) is 0 Å². The predicted octanol–water partition coefficient (Wildman–Crippen LogP) is 3.04. The second-order valence-corrected chi connectivity index (χ2v) is 4.66. The molecule has 0 aliphatic heterocycles. The van der Waals surface area contributed by atoms with Crippen LogP contribution < -0.4 is 5.32 Å². The second kappa shape index (κ2) is 10.4. The molecule has 0 aromatic carbocycles. The molecule has 1 aromatic heterocycles. The van der Waals surface area contributed by atoms with Gasteiger partial charge in [-0.05, 0) is 19.3 Å². The first kappa shape index (κ1) is 15.5. The first-order valence-corrected chi connectivity index (χ1v) is 7.20. The number of nitrogens with one attached hydrogen (secondary N) is 2. The average molecular weight is 267 g/mol. The third-order valence-corrected chi connectivity index (χ3v) is 2.93. The van der Waals surface area contributed by atoms with E-state index in [0.717, 1.165) is 31.4 Å². The number of hydrogen-bond donors (Lipinski definition) is 2. The predicted molar refractivity (Wildman–Crippen MR) is 75.0 cm³/mol. The zero-order valence-electron chi connectivity index (χ0n) is 11.8. The number of imidazole rings is 1. The molecule has 0 fully saturated rings. The number of aromatic nitrogens is 2. The van der Waals surface area contributed by atoms with Crippen LogP contribution in [0.2, 0.25) is 0 Å². The minimum atomic E-state index is -0.305. The topological polar surface area (TPSA) is 67.0 Å². The van der Waals surface area contributed by atoms with E-state index in [1.54, 1.807) is 12.5 Å². The number of nitrogens with zero attached hydrogens (tertiary/aromatic N) is 1. The normalized spacial score (nSPS) is 10.4. The Bertz CT molecular complexity index is 325. The maximum atomic E-state index is 11.3. The third kappa shape index (κ3) is 8.24. The zero-order valence-corrected chi connectivity index (χ0v) is 11.8. The van der Waals surface area contributed by atoms with Crippen LogP contribution in [0.15, 0.2) is 12.5 Å². The van der Waals surface area contributed by atoms with Crippen molar-refractivity contribution in [2.24, 2.45) is 0 Å². The van der Waals surface area contributed by atoms with Gasteiger partial charge in [0, 0.05) is 18.4 Å². The molecule has 19 heavy (non-hydrogen) atoms. The Morgan fingerprint density at radius 1 is 1.32 bits per heavy atom. The summed E-state index contributed by atoms with van der Waals surface area (Å²) in [4.78, 5) is 18.3. The Morgan fingerprint density at radius 2 is 2.16 bits per heavy atom. The minimum Gasteiger partial charge on any atom is -0.450 e. The second-order valence-electron chi connectivity index (χ2n) is 4.66. The molecule has 5 heteroatoms. The van der Waals surface area contributed by atoms with Gasteiger partial charge in [0.05, 0.1) is 12.9 Å². The number of carbonyl (C=O) groups is 1. The Hall–Kier alpha value is -1.52. The number of carbonyl (C=O) groups excluding carboxylic acids is 1. The van der Waals surface area contributed by atoms with Crippen LogP contribution in [0.1, 0.15) is 51.1 Å². The molecule has 0 spiro atoms. The van der Waals surface area contributed by atoms with Crippen LogP contribution in [0, 0.1) is 0 Å². The number of aryl methyl sites for hydroxylation is 1. The lowest BCUT2D eigenvalue weighted by Crippen LogP contribution is -2.26. The summed E-state index contributed by atoms with van der Waals surface area (Å²) in [6, 6.07) is 0. The molecule has 0 radical (unpaired) electrons. The van der Waals surface area contributed by atoms with E-state index in [0.29, 0.717) is 13.2 Å². The molecule has 0 bridgehead atoms. The number of amides is 1. The van der Waals surface area contributed by atoms with Crippen molar-refractivity contribution in [3.05, 3.63) is 18.2 Å². The Kier molecular flexibility index (Phi) is 8.51. The van der Waals surface area contributed by atoms with E-state index >= 15 is 0 Å². The van der Waals surface area contributed by atoms with Gasteiger partial charge in [-0.3, -0.25) is 0 Å². The van der Waals surface area contributed by atoms with Gasteiger partial charge in [0.2, 0.25) is 0 Å².